The molecular weight excluding hydrogens is 271 g/mol. The SMILES string of the molecule is O=C(Nc1oncc1-c1ccccc1)c1ccccc1F. The van der Waals surface area contributed by atoms with E-state index in [1.807, 2.05) is 30.3 Å². The number of hydrogen-bond donors (Lipinski definition) is 1. The molecule has 1 amide bonds. The molecular formula is C16H11FN2O2. The molecule has 0 spiro atoms. The summed E-state index contributed by atoms with van der Waals surface area (Å²) in [5, 5.41) is 6.22. The van der Waals surface area contributed by atoms with Crippen molar-refractivity contribution in [3.8, 4) is 11.1 Å². The minimum Gasteiger partial charge on any atom is -0.338 e. The molecule has 4 nitrogen and oxygen atoms in total. The van der Waals surface area contributed by atoms with Crippen molar-refractivity contribution < 1.29 is 13.7 Å². The van der Waals surface area contributed by atoms with Gasteiger partial charge in [0, 0.05) is 0 Å². The summed E-state index contributed by atoms with van der Waals surface area (Å²) < 4.78 is 18.6. The molecule has 0 radical (unpaired) electrons. The van der Waals surface area contributed by atoms with E-state index in [-0.39, 0.29) is 11.4 Å². The molecule has 1 aromatic heterocycles. The number of rotatable bonds is 3. The van der Waals surface area contributed by atoms with Crippen LogP contribution in [0.25, 0.3) is 11.1 Å². The maximum absolute atomic E-state index is 13.6. The minimum atomic E-state index is -0.587. The molecule has 3 aromatic rings. The number of hydrogen-bond acceptors (Lipinski definition) is 3. The Labute approximate surface area is 120 Å². The van der Waals surface area contributed by atoms with Gasteiger partial charge >= 0.3 is 0 Å². The Morgan fingerprint density at radius 2 is 1.76 bits per heavy atom. The van der Waals surface area contributed by atoms with Crippen molar-refractivity contribution in [3.63, 3.8) is 0 Å². The second-order valence-corrected chi connectivity index (χ2v) is 4.37. The lowest BCUT2D eigenvalue weighted by molar-refractivity contribution is 0.102. The molecule has 0 atom stereocenters. The van der Waals surface area contributed by atoms with Crippen LogP contribution >= 0.6 is 0 Å². The van der Waals surface area contributed by atoms with Crippen LogP contribution in [0.15, 0.2) is 65.3 Å². The van der Waals surface area contributed by atoms with E-state index < -0.39 is 11.7 Å². The number of amides is 1. The number of nitrogens with one attached hydrogen (secondary N) is 1. The van der Waals surface area contributed by atoms with Gasteiger partial charge in [-0.2, -0.15) is 0 Å². The van der Waals surface area contributed by atoms with Crippen molar-refractivity contribution in [2.45, 2.75) is 0 Å². The third-order valence-electron chi connectivity index (χ3n) is 3.00. The molecule has 0 aliphatic rings. The molecule has 0 unspecified atom stereocenters. The third-order valence-corrected chi connectivity index (χ3v) is 3.00. The van der Waals surface area contributed by atoms with Crippen LogP contribution in [-0.2, 0) is 0 Å². The summed E-state index contributed by atoms with van der Waals surface area (Å²) in [6.45, 7) is 0. The first-order chi connectivity index (χ1) is 10.3. The first-order valence-electron chi connectivity index (χ1n) is 6.31. The summed E-state index contributed by atoms with van der Waals surface area (Å²) in [5.41, 5.74) is 1.44. The van der Waals surface area contributed by atoms with E-state index in [0.717, 1.165) is 5.56 Å². The van der Waals surface area contributed by atoms with Crippen LogP contribution in [0.2, 0.25) is 0 Å². The van der Waals surface area contributed by atoms with Crippen molar-refractivity contribution in [1.82, 2.24) is 5.16 Å². The minimum absolute atomic E-state index is 0.0482. The lowest BCUT2D eigenvalue weighted by Gasteiger charge is -2.05. The zero-order valence-corrected chi connectivity index (χ0v) is 10.9. The number of anilines is 1. The summed E-state index contributed by atoms with van der Waals surface area (Å²) in [6, 6.07) is 15.1. The smallest absolute Gasteiger partial charge is 0.261 e. The summed E-state index contributed by atoms with van der Waals surface area (Å²) >= 11 is 0. The van der Waals surface area contributed by atoms with Gasteiger partial charge in [-0.3, -0.25) is 10.1 Å². The van der Waals surface area contributed by atoms with Crippen molar-refractivity contribution in [2.75, 3.05) is 5.32 Å². The van der Waals surface area contributed by atoms with Gasteiger partial charge in [-0.05, 0) is 17.7 Å². The molecule has 0 aliphatic heterocycles. The van der Waals surface area contributed by atoms with Crippen molar-refractivity contribution in [3.05, 3.63) is 72.2 Å². The van der Waals surface area contributed by atoms with E-state index in [1.54, 1.807) is 6.07 Å². The van der Waals surface area contributed by atoms with Crippen LogP contribution in [0.3, 0.4) is 0 Å². The molecule has 21 heavy (non-hydrogen) atoms. The number of benzene rings is 2. The van der Waals surface area contributed by atoms with Gasteiger partial charge in [-0.1, -0.05) is 47.6 Å². The summed E-state index contributed by atoms with van der Waals surface area (Å²) in [7, 11) is 0. The van der Waals surface area contributed by atoms with Crippen LogP contribution < -0.4 is 5.32 Å². The van der Waals surface area contributed by atoms with E-state index in [4.69, 9.17) is 4.52 Å². The molecule has 0 saturated carbocycles. The fraction of sp³-hybridized carbons (Fsp3) is 0. The standard InChI is InChI=1S/C16H11FN2O2/c17-14-9-5-4-8-12(14)15(20)19-16-13(10-18-21-16)11-6-2-1-3-7-11/h1-10H,(H,19,20). The van der Waals surface area contributed by atoms with Gasteiger partial charge in [0.1, 0.15) is 5.82 Å². The van der Waals surface area contributed by atoms with Gasteiger partial charge in [0.05, 0.1) is 17.3 Å². The Morgan fingerprint density at radius 3 is 2.52 bits per heavy atom. The molecule has 1 N–H and O–H groups in total. The Hall–Kier alpha value is -2.95. The van der Waals surface area contributed by atoms with E-state index in [1.165, 1.54) is 24.4 Å². The van der Waals surface area contributed by atoms with E-state index in [0.29, 0.717) is 5.56 Å². The van der Waals surface area contributed by atoms with Crippen LogP contribution in [0.5, 0.6) is 0 Å². The topological polar surface area (TPSA) is 55.1 Å². The average Bonchev–Trinajstić information content (AvgIpc) is 2.96. The van der Waals surface area contributed by atoms with Gasteiger partial charge in [-0.25, -0.2) is 4.39 Å². The first-order valence-corrected chi connectivity index (χ1v) is 6.31. The fourth-order valence-corrected chi connectivity index (χ4v) is 1.97. The van der Waals surface area contributed by atoms with Crippen LogP contribution in [0.4, 0.5) is 10.3 Å². The summed E-state index contributed by atoms with van der Waals surface area (Å²) in [4.78, 5) is 12.1. The monoisotopic (exact) mass is 282 g/mol. The zero-order chi connectivity index (χ0) is 14.7. The quantitative estimate of drug-likeness (QED) is 0.796. The van der Waals surface area contributed by atoms with Gasteiger partial charge < -0.3 is 4.52 Å². The van der Waals surface area contributed by atoms with Crippen molar-refractivity contribution in [2.24, 2.45) is 0 Å². The number of aromatic nitrogens is 1. The van der Waals surface area contributed by atoms with E-state index in [2.05, 4.69) is 10.5 Å². The molecule has 0 aliphatic carbocycles. The maximum Gasteiger partial charge on any atom is 0.261 e. The van der Waals surface area contributed by atoms with Gasteiger partial charge in [0.2, 0.25) is 5.88 Å². The fourth-order valence-electron chi connectivity index (χ4n) is 1.97. The van der Waals surface area contributed by atoms with E-state index in [9.17, 15) is 9.18 Å². The van der Waals surface area contributed by atoms with Crippen molar-refractivity contribution in [1.29, 1.82) is 0 Å². The second kappa shape index (κ2) is 5.58. The molecule has 1 heterocycles. The summed E-state index contributed by atoms with van der Waals surface area (Å²) in [6.07, 6.45) is 1.51. The Balaban J connectivity index is 1.89. The normalized spacial score (nSPS) is 10.3. The molecule has 2 aromatic carbocycles. The number of halogens is 1. The lowest BCUT2D eigenvalue weighted by atomic mass is 10.1. The highest BCUT2D eigenvalue weighted by Crippen LogP contribution is 2.27. The molecule has 104 valence electrons. The maximum atomic E-state index is 13.6. The number of carbonyl (C=O) groups is 1. The van der Waals surface area contributed by atoms with Gasteiger partial charge in [-0.15, -0.1) is 0 Å². The average molecular weight is 282 g/mol. The van der Waals surface area contributed by atoms with Crippen LogP contribution in [0, 0.1) is 5.82 Å². The predicted octanol–water partition coefficient (Wildman–Crippen LogP) is 3.73. The molecule has 0 saturated heterocycles. The van der Waals surface area contributed by atoms with Crippen molar-refractivity contribution >= 4 is 11.8 Å². The first kappa shape index (κ1) is 13.1. The van der Waals surface area contributed by atoms with Crippen LogP contribution in [-0.4, -0.2) is 11.1 Å². The molecule has 5 heteroatoms. The third kappa shape index (κ3) is 2.67. The lowest BCUT2D eigenvalue weighted by Crippen LogP contribution is -2.13. The number of nitrogens with zero attached hydrogens (tertiary/aromatic N) is 1. The molecule has 0 fully saturated rings. The Kier molecular flexibility index (Phi) is 3.47. The second-order valence-electron chi connectivity index (χ2n) is 4.37. The highest BCUT2D eigenvalue weighted by Gasteiger charge is 2.16. The predicted molar refractivity (Wildman–Crippen MR) is 76.3 cm³/mol. The number of carbonyl (C=O) groups excluding carboxylic acids is 1. The Bertz CT molecular complexity index is 769. The summed E-state index contributed by atoms with van der Waals surface area (Å²) in [5.74, 6) is -0.979. The van der Waals surface area contributed by atoms with E-state index >= 15 is 0 Å². The van der Waals surface area contributed by atoms with Gasteiger partial charge in [0.25, 0.3) is 5.91 Å². The van der Waals surface area contributed by atoms with Crippen LogP contribution in [0.1, 0.15) is 10.4 Å². The van der Waals surface area contributed by atoms with Gasteiger partial charge in [0.15, 0.2) is 0 Å². The highest BCUT2D eigenvalue weighted by molar-refractivity contribution is 6.05. The molecule has 0 bridgehead atoms. The zero-order valence-electron chi connectivity index (χ0n) is 10.9. The highest BCUT2D eigenvalue weighted by atomic mass is 19.1. The molecule has 3 rings (SSSR count). The largest absolute Gasteiger partial charge is 0.338 e. The Morgan fingerprint density at radius 1 is 1.05 bits per heavy atom.